The van der Waals surface area contributed by atoms with Crippen LogP contribution in [0.25, 0.3) is 11.0 Å². The third-order valence-electron chi connectivity index (χ3n) is 2.22. The van der Waals surface area contributed by atoms with Crippen molar-refractivity contribution in [1.29, 1.82) is 0 Å². The van der Waals surface area contributed by atoms with Gasteiger partial charge in [-0.15, -0.1) is 0 Å². The lowest BCUT2D eigenvalue weighted by atomic mass is 10.2. The summed E-state index contributed by atoms with van der Waals surface area (Å²) in [6, 6.07) is 3.91. The van der Waals surface area contributed by atoms with E-state index in [9.17, 15) is 0 Å². The molecule has 0 radical (unpaired) electrons. The van der Waals surface area contributed by atoms with E-state index < -0.39 is 0 Å². The lowest BCUT2D eigenvalue weighted by Crippen LogP contribution is -2.07. The molecule has 2 aromatic heterocycles. The molecule has 3 rings (SSSR count). The van der Waals surface area contributed by atoms with Gasteiger partial charge in [0.1, 0.15) is 5.69 Å². The largest absolute Gasteiger partial charge is 0.378 e. The van der Waals surface area contributed by atoms with Crippen molar-refractivity contribution in [2.24, 2.45) is 4.99 Å². The summed E-state index contributed by atoms with van der Waals surface area (Å²) < 4.78 is 0. The number of anilines is 1. The van der Waals surface area contributed by atoms with Crippen LogP contribution in [0.15, 0.2) is 29.5 Å². The second-order valence-electron chi connectivity index (χ2n) is 3.09. The number of nitrogens with zero attached hydrogens (tertiary/aromatic N) is 3. The highest BCUT2D eigenvalue weighted by molar-refractivity contribution is 5.98. The highest BCUT2D eigenvalue weighted by atomic mass is 15.0. The average Bonchev–Trinajstić information content (AvgIpc) is 2.29. The van der Waals surface area contributed by atoms with E-state index in [0.29, 0.717) is 0 Å². The van der Waals surface area contributed by atoms with Gasteiger partial charge in [0.15, 0.2) is 5.65 Å². The Morgan fingerprint density at radius 1 is 1.29 bits per heavy atom. The fraction of sp³-hybridized carbons (Fsp3) is 0.100. The zero-order chi connectivity index (χ0) is 9.38. The van der Waals surface area contributed by atoms with Gasteiger partial charge in [0.25, 0.3) is 0 Å². The quantitative estimate of drug-likeness (QED) is 0.678. The molecule has 3 heterocycles. The van der Waals surface area contributed by atoms with Crippen LogP contribution in [0.5, 0.6) is 0 Å². The van der Waals surface area contributed by atoms with Crippen LogP contribution in [0, 0.1) is 0 Å². The number of nitrogens with one attached hydrogen (secondary N) is 1. The Hall–Kier alpha value is -1.97. The molecule has 2 aromatic rings. The van der Waals surface area contributed by atoms with Crippen molar-refractivity contribution in [3.63, 3.8) is 0 Å². The van der Waals surface area contributed by atoms with Gasteiger partial charge in [-0.1, -0.05) is 0 Å². The molecular weight excluding hydrogens is 176 g/mol. The minimum absolute atomic E-state index is 0.760. The first-order valence-electron chi connectivity index (χ1n) is 4.45. The molecule has 0 amide bonds. The number of hydrogen-bond donors (Lipinski definition) is 1. The lowest BCUT2D eigenvalue weighted by molar-refractivity contribution is 1.25. The highest BCUT2D eigenvalue weighted by Gasteiger charge is 2.09. The normalized spacial score (nSPS) is 13.7. The van der Waals surface area contributed by atoms with Crippen LogP contribution in [-0.4, -0.2) is 22.7 Å². The maximum atomic E-state index is 4.27. The van der Waals surface area contributed by atoms with E-state index in [4.69, 9.17) is 0 Å². The fourth-order valence-corrected chi connectivity index (χ4v) is 1.60. The summed E-state index contributed by atoms with van der Waals surface area (Å²) in [5, 5.41) is 4.31. The van der Waals surface area contributed by atoms with E-state index in [1.165, 1.54) is 0 Å². The Morgan fingerprint density at radius 2 is 2.29 bits per heavy atom. The summed E-state index contributed by atoms with van der Waals surface area (Å²) in [6.07, 6.45) is 5.33. The second-order valence-corrected chi connectivity index (χ2v) is 3.09. The number of aliphatic imine (C=N–C) groups is 1. The molecule has 14 heavy (non-hydrogen) atoms. The highest BCUT2D eigenvalue weighted by Crippen LogP contribution is 2.31. The zero-order valence-electron chi connectivity index (χ0n) is 7.44. The van der Waals surface area contributed by atoms with Gasteiger partial charge >= 0.3 is 0 Å². The first-order valence-corrected chi connectivity index (χ1v) is 4.45. The van der Waals surface area contributed by atoms with Crippen molar-refractivity contribution in [2.75, 3.05) is 11.9 Å². The molecule has 0 saturated carbocycles. The smallest absolute Gasteiger partial charge is 0.161 e. The van der Waals surface area contributed by atoms with Crippen molar-refractivity contribution in [3.05, 3.63) is 24.5 Å². The third kappa shape index (κ3) is 0.970. The predicted octanol–water partition coefficient (Wildman–Crippen LogP) is 1.76. The van der Waals surface area contributed by atoms with Crippen LogP contribution in [-0.2, 0) is 0 Å². The maximum absolute atomic E-state index is 4.27. The first kappa shape index (κ1) is 7.44. The Labute approximate surface area is 80.7 Å². The van der Waals surface area contributed by atoms with Crippen LogP contribution in [0.1, 0.15) is 0 Å². The summed E-state index contributed by atoms with van der Waals surface area (Å²) in [4.78, 5) is 12.7. The van der Waals surface area contributed by atoms with Gasteiger partial charge in [-0.3, -0.25) is 4.99 Å². The van der Waals surface area contributed by atoms with Crippen molar-refractivity contribution >= 4 is 28.6 Å². The SMILES string of the molecule is C1=Nc2cnc3ncccc3c2NC1. The Balaban J connectivity index is 2.41. The standard InChI is InChI=1S/C10H8N4/c1-2-7-9-8(11-4-5-12-9)6-14-10(7)13-3-1/h1-4,6,12H,5H2. The number of hydrogen-bond acceptors (Lipinski definition) is 4. The van der Waals surface area contributed by atoms with E-state index in [2.05, 4.69) is 20.3 Å². The molecule has 4 nitrogen and oxygen atoms in total. The van der Waals surface area contributed by atoms with Crippen LogP contribution in [0.3, 0.4) is 0 Å². The van der Waals surface area contributed by atoms with E-state index in [-0.39, 0.29) is 0 Å². The fourth-order valence-electron chi connectivity index (χ4n) is 1.60. The topological polar surface area (TPSA) is 50.2 Å². The monoisotopic (exact) mass is 184 g/mol. The molecule has 1 aliphatic rings. The molecule has 0 saturated heterocycles. The second kappa shape index (κ2) is 2.77. The molecule has 0 aromatic carbocycles. The van der Waals surface area contributed by atoms with Gasteiger partial charge in [0.2, 0.25) is 0 Å². The van der Waals surface area contributed by atoms with Crippen LogP contribution in [0.4, 0.5) is 11.4 Å². The summed E-state index contributed by atoms with van der Waals surface area (Å²) in [7, 11) is 0. The van der Waals surface area contributed by atoms with Crippen molar-refractivity contribution in [1.82, 2.24) is 9.97 Å². The summed E-state index contributed by atoms with van der Waals surface area (Å²) in [5.74, 6) is 0. The van der Waals surface area contributed by atoms with E-state index in [0.717, 1.165) is 29.0 Å². The first-order chi connectivity index (χ1) is 6.95. The number of pyridine rings is 2. The molecule has 0 spiro atoms. The molecule has 4 heteroatoms. The van der Waals surface area contributed by atoms with E-state index in [1.54, 1.807) is 12.4 Å². The van der Waals surface area contributed by atoms with Gasteiger partial charge in [0, 0.05) is 17.8 Å². The van der Waals surface area contributed by atoms with E-state index in [1.807, 2.05) is 18.3 Å². The van der Waals surface area contributed by atoms with Crippen molar-refractivity contribution in [3.8, 4) is 0 Å². The number of fused-ring (bicyclic) bond motifs is 3. The minimum atomic E-state index is 0.760. The predicted molar refractivity (Wildman–Crippen MR) is 56.2 cm³/mol. The Bertz CT molecular complexity index is 519. The van der Waals surface area contributed by atoms with E-state index >= 15 is 0 Å². The van der Waals surface area contributed by atoms with Gasteiger partial charge in [0.05, 0.1) is 18.4 Å². The zero-order valence-corrected chi connectivity index (χ0v) is 7.44. The Kier molecular flexibility index (Phi) is 1.47. The summed E-state index contributed by atoms with van der Waals surface area (Å²) in [6.45, 7) is 0.765. The number of rotatable bonds is 0. The summed E-state index contributed by atoms with van der Waals surface area (Å²) in [5.41, 5.74) is 2.68. The third-order valence-corrected chi connectivity index (χ3v) is 2.22. The molecule has 1 aliphatic heterocycles. The van der Waals surface area contributed by atoms with Crippen LogP contribution >= 0.6 is 0 Å². The molecular formula is C10H8N4. The van der Waals surface area contributed by atoms with Crippen LogP contribution in [0.2, 0.25) is 0 Å². The Morgan fingerprint density at radius 3 is 3.29 bits per heavy atom. The van der Waals surface area contributed by atoms with Crippen molar-refractivity contribution < 1.29 is 0 Å². The molecule has 68 valence electrons. The molecule has 0 unspecified atom stereocenters. The average molecular weight is 184 g/mol. The van der Waals surface area contributed by atoms with Crippen LogP contribution < -0.4 is 5.32 Å². The summed E-state index contributed by atoms with van der Waals surface area (Å²) >= 11 is 0. The lowest BCUT2D eigenvalue weighted by Gasteiger charge is -2.13. The van der Waals surface area contributed by atoms with Gasteiger partial charge in [-0.25, -0.2) is 9.97 Å². The molecule has 0 aliphatic carbocycles. The molecule has 0 fully saturated rings. The van der Waals surface area contributed by atoms with Gasteiger partial charge in [-0.05, 0) is 12.1 Å². The maximum Gasteiger partial charge on any atom is 0.161 e. The van der Waals surface area contributed by atoms with Gasteiger partial charge in [-0.2, -0.15) is 0 Å². The van der Waals surface area contributed by atoms with Gasteiger partial charge < -0.3 is 5.32 Å². The molecule has 0 bridgehead atoms. The van der Waals surface area contributed by atoms with Crippen molar-refractivity contribution in [2.45, 2.75) is 0 Å². The molecule has 1 N–H and O–H groups in total. The minimum Gasteiger partial charge on any atom is -0.378 e. The molecule has 0 atom stereocenters. The number of aromatic nitrogens is 2.